The van der Waals surface area contributed by atoms with E-state index >= 15 is 0 Å². The third-order valence-corrected chi connectivity index (χ3v) is 3.38. The molecule has 5 heteroatoms. The van der Waals surface area contributed by atoms with Gasteiger partial charge in [0, 0.05) is 11.6 Å². The Kier molecular flexibility index (Phi) is 2.15. The number of thiophene rings is 1. The molecule has 0 radical (unpaired) electrons. The summed E-state index contributed by atoms with van der Waals surface area (Å²) in [6, 6.07) is 4.09. The second-order valence-electron chi connectivity index (χ2n) is 3.63. The lowest BCUT2D eigenvalue weighted by atomic mass is 10.3. The van der Waals surface area contributed by atoms with Crippen LogP contribution < -0.4 is 0 Å². The predicted molar refractivity (Wildman–Crippen MR) is 68.9 cm³/mol. The zero-order valence-electron chi connectivity index (χ0n) is 8.60. The van der Waals surface area contributed by atoms with Crippen molar-refractivity contribution in [2.24, 2.45) is 0 Å². The number of imidazole rings is 1. The number of aromatic nitrogens is 3. The van der Waals surface area contributed by atoms with Gasteiger partial charge in [-0.25, -0.2) is 4.98 Å². The lowest BCUT2D eigenvalue weighted by molar-refractivity contribution is 1.05. The molecule has 0 aliphatic rings. The maximum Gasteiger partial charge on any atom is 0.184 e. The molecule has 0 bridgehead atoms. The maximum absolute atomic E-state index is 5.32. The molecule has 16 heavy (non-hydrogen) atoms. The van der Waals surface area contributed by atoms with Gasteiger partial charge < -0.3 is 4.98 Å². The van der Waals surface area contributed by atoms with E-state index in [9.17, 15) is 0 Å². The van der Waals surface area contributed by atoms with Gasteiger partial charge in [0.05, 0.1) is 11.2 Å². The van der Waals surface area contributed by atoms with E-state index in [1.807, 2.05) is 29.1 Å². The van der Waals surface area contributed by atoms with Crippen molar-refractivity contribution in [2.45, 2.75) is 6.92 Å². The van der Waals surface area contributed by atoms with Crippen molar-refractivity contribution in [1.82, 2.24) is 14.5 Å². The number of aromatic amines is 1. The number of hydrogen-bond acceptors (Lipinski definition) is 3. The zero-order valence-corrected chi connectivity index (χ0v) is 10.2. The van der Waals surface area contributed by atoms with Crippen molar-refractivity contribution >= 4 is 34.7 Å². The third-order valence-electron chi connectivity index (χ3n) is 2.42. The van der Waals surface area contributed by atoms with Crippen LogP contribution >= 0.6 is 23.6 Å². The van der Waals surface area contributed by atoms with Crippen molar-refractivity contribution in [1.29, 1.82) is 0 Å². The average molecular weight is 247 g/mol. The molecular formula is C11H9N3S2. The molecule has 1 N–H and O–H groups in total. The Bertz CT molecular complexity index is 692. The number of aryl methyl sites for hydroxylation is 1. The smallest absolute Gasteiger partial charge is 0.184 e. The van der Waals surface area contributed by atoms with Gasteiger partial charge in [0.15, 0.2) is 10.4 Å². The van der Waals surface area contributed by atoms with Crippen molar-refractivity contribution in [3.05, 3.63) is 39.4 Å². The second-order valence-corrected chi connectivity index (χ2v) is 4.80. The minimum Gasteiger partial charge on any atom is -0.329 e. The molecule has 0 saturated carbocycles. The summed E-state index contributed by atoms with van der Waals surface area (Å²) in [5.74, 6) is 0. The minimum absolute atomic E-state index is 0.687. The number of rotatable bonds is 1. The Morgan fingerprint density at radius 2 is 2.38 bits per heavy atom. The predicted octanol–water partition coefficient (Wildman–Crippen LogP) is 3.45. The van der Waals surface area contributed by atoms with Crippen LogP contribution in [-0.2, 0) is 0 Å². The second kappa shape index (κ2) is 3.54. The van der Waals surface area contributed by atoms with Crippen LogP contribution in [0.2, 0.25) is 0 Å². The van der Waals surface area contributed by atoms with Gasteiger partial charge in [-0.05, 0) is 42.2 Å². The molecular weight excluding hydrogens is 238 g/mol. The van der Waals surface area contributed by atoms with Gasteiger partial charge in [0.25, 0.3) is 0 Å². The van der Waals surface area contributed by atoms with E-state index in [0.717, 1.165) is 22.4 Å². The van der Waals surface area contributed by atoms with E-state index in [1.54, 1.807) is 11.3 Å². The van der Waals surface area contributed by atoms with E-state index in [-0.39, 0.29) is 0 Å². The topological polar surface area (TPSA) is 33.6 Å². The quantitative estimate of drug-likeness (QED) is 0.668. The summed E-state index contributed by atoms with van der Waals surface area (Å²) in [7, 11) is 0. The van der Waals surface area contributed by atoms with Gasteiger partial charge >= 0.3 is 0 Å². The number of fused-ring (bicyclic) bond motifs is 1. The molecule has 0 fully saturated rings. The fourth-order valence-electron chi connectivity index (χ4n) is 1.72. The monoisotopic (exact) mass is 247 g/mol. The van der Waals surface area contributed by atoms with Crippen molar-refractivity contribution < 1.29 is 0 Å². The van der Waals surface area contributed by atoms with Gasteiger partial charge in [-0.2, -0.15) is 11.3 Å². The number of pyridine rings is 1. The Morgan fingerprint density at radius 3 is 3.12 bits per heavy atom. The highest BCUT2D eigenvalue weighted by atomic mass is 32.1. The molecule has 0 saturated heterocycles. The number of H-pyrrole nitrogens is 1. The number of nitrogens with one attached hydrogen (secondary N) is 1. The average Bonchev–Trinajstić information content (AvgIpc) is 2.83. The number of hydrogen-bond donors (Lipinski definition) is 1. The summed E-state index contributed by atoms with van der Waals surface area (Å²) in [6.07, 6.45) is 1.85. The van der Waals surface area contributed by atoms with Gasteiger partial charge in [0.2, 0.25) is 0 Å². The first-order valence-corrected chi connectivity index (χ1v) is 6.21. The summed E-state index contributed by atoms with van der Waals surface area (Å²) >= 11 is 6.97. The fraction of sp³-hybridized carbons (Fsp3) is 0.0909. The third kappa shape index (κ3) is 1.40. The molecule has 0 amide bonds. The van der Waals surface area contributed by atoms with Crippen LogP contribution in [0.3, 0.4) is 0 Å². The highest BCUT2D eigenvalue weighted by Crippen LogP contribution is 2.20. The Balaban J connectivity index is 2.41. The van der Waals surface area contributed by atoms with Crippen molar-refractivity contribution in [3.8, 4) is 5.69 Å². The SMILES string of the molecule is Cc1cnc2c(c1)[nH]c(=S)n2-c1ccsc1. The fourth-order valence-corrected chi connectivity index (χ4v) is 2.65. The summed E-state index contributed by atoms with van der Waals surface area (Å²) < 4.78 is 2.65. The van der Waals surface area contributed by atoms with Gasteiger partial charge in [-0.3, -0.25) is 4.57 Å². The highest BCUT2D eigenvalue weighted by Gasteiger charge is 2.07. The van der Waals surface area contributed by atoms with Crippen molar-refractivity contribution in [3.63, 3.8) is 0 Å². The van der Waals surface area contributed by atoms with Crippen LogP contribution in [0, 0.1) is 11.7 Å². The molecule has 3 heterocycles. The summed E-state index contributed by atoms with van der Waals surface area (Å²) in [6.45, 7) is 2.02. The van der Waals surface area contributed by atoms with Crippen LogP contribution in [0.1, 0.15) is 5.56 Å². The molecule has 3 aromatic heterocycles. The molecule has 3 aromatic rings. The van der Waals surface area contributed by atoms with Crippen molar-refractivity contribution in [2.75, 3.05) is 0 Å². The molecule has 0 aromatic carbocycles. The van der Waals surface area contributed by atoms with Gasteiger partial charge in [0.1, 0.15) is 0 Å². The first kappa shape index (κ1) is 9.74. The summed E-state index contributed by atoms with van der Waals surface area (Å²) in [4.78, 5) is 7.60. The van der Waals surface area contributed by atoms with E-state index in [1.165, 1.54) is 0 Å². The van der Waals surface area contributed by atoms with Crippen LogP contribution in [0.15, 0.2) is 29.1 Å². The molecule has 80 valence electrons. The zero-order chi connectivity index (χ0) is 11.1. The van der Waals surface area contributed by atoms with E-state index in [2.05, 4.69) is 21.4 Å². The molecule has 0 aliphatic carbocycles. The first-order chi connectivity index (χ1) is 7.75. The minimum atomic E-state index is 0.687. The summed E-state index contributed by atoms with van der Waals surface area (Å²) in [5.41, 5.74) is 4.06. The normalized spacial score (nSPS) is 11.1. The number of nitrogens with zero attached hydrogens (tertiary/aromatic N) is 2. The lowest BCUT2D eigenvalue weighted by Crippen LogP contribution is -1.93. The van der Waals surface area contributed by atoms with Crippen LogP contribution in [0.5, 0.6) is 0 Å². The molecule has 3 nitrogen and oxygen atoms in total. The lowest BCUT2D eigenvalue weighted by Gasteiger charge is -1.99. The van der Waals surface area contributed by atoms with Gasteiger partial charge in [-0.15, -0.1) is 0 Å². The van der Waals surface area contributed by atoms with Crippen LogP contribution in [0.4, 0.5) is 0 Å². The Hall–Kier alpha value is -1.46. The first-order valence-electron chi connectivity index (χ1n) is 4.85. The summed E-state index contributed by atoms with van der Waals surface area (Å²) in [5, 5.41) is 4.09. The largest absolute Gasteiger partial charge is 0.329 e. The van der Waals surface area contributed by atoms with Gasteiger partial charge in [-0.1, -0.05) is 0 Å². The highest BCUT2D eigenvalue weighted by molar-refractivity contribution is 7.71. The van der Waals surface area contributed by atoms with E-state index in [4.69, 9.17) is 12.2 Å². The van der Waals surface area contributed by atoms with E-state index in [0.29, 0.717) is 4.77 Å². The molecule has 0 unspecified atom stereocenters. The Labute approximate surface area is 101 Å². The van der Waals surface area contributed by atoms with Crippen LogP contribution in [0.25, 0.3) is 16.9 Å². The van der Waals surface area contributed by atoms with E-state index < -0.39 is 0 Å². The molecule has 0 spiro atoms. The Morgan fingerprint density at radius 1 is 1.50 bits per heavy atom. The maximum atomic E-state index is 5.32. The molecule has 0 aliphatic heterocycles. The molecule has 0 atom stereocenters. The standard InChI is InChI=1S/C11H9N3S2/c1-7-4-9-10(12-5-7)14(11(15)13-9)8-2-3-16-6-8/h2-6H,1H3,(H,13,15). The van der Waals surface area contributed by atoms with Crippen LogP contribution in [-0.4, -0.2) is 14.5 Å². The molecule has 3 rings (SSSR count).